The summed E-state index contributed by atoms with van der Waals surface area (Å²) < 4.78 is 13.8. The van der Waals surface area contributed by atoms with Crippen molar-refractivity contribution in [1.29, 1.82) is 0 Å². The van der Waals surface area contributed by atoms with Crippen LogP contribution in [0, 0.1) is 12.7 Å². The maximum atomic E-state index is 13.8. The minimum absolute atomic E-state index is 0.0620. The number of nitrogens with one attached hydrogen (secondary N) is 2. The molecule has 0 spiro atoms. The summed E-state index contributed by atoms with van der Waals surface area (Å²) in [6.07, 6.45) is 1.51. The number of hydrogen-bond acceptors (Lipinski definition) is 3. The number of carbonyl (C=O) groups is 1. The summed E-state index contributed by atoms with van der Waals surface area (Å²) in [6.45, 7) is 2.70. The molecule has 0 saturated heterocycles. The Bertz CT molecular complexity index is 908. The van der Waals surface area contributed by atoms with Gasteiger partial charge in [-0.2, -0.15) is 0 Å². The van der Waals surface area contributed by atoms with Crippen molar-refractivity contribution in [3.05, 3.63) is 88.3 Å². The molecule has 0 fully saturated rings. The maximum Gasteiger partial charge on any atom is 0.260 e. The number of halogens is 2. The summed E-state index contributed by atoms with van der Waals surface area (Å²) in [7, 11) is 0. The first-order valence-corrected chi connectivity index (χ1v) is 8.42. The summed E-state index contributed by atoms with van der Waals surface area (Å²) in [5.41, 5.74) is 2.65. The number of nitrogens with zero attached hydrogens (tertiary/aromatic N) is 1. The van der Waals surface area contributed by atoms with E-state index in [0.29, 0.717) is 18.1 Å². The Morgan fingerprint density at radius 3 is 2.62 bits per heavy atom. The summed E-state index contributed by atoms with van der Waals surface area (Å²) in [5, 5.41) is 5.89. The predicted molar refractivity (Wildman–Crippen MR) is 102 cm³/mol. The van der Waals surface area contributed by atoms with Crippen LogP contribution in [-0.4, -0.2) is 10.9 Å². The van der Waals surface area contributed by atoms with Crippen LogP contribution in [0.3, 0.4) is 0 Å². The van der Waals surface area contributed by atoms with Gasteiger partial charge in [-0.05, 0) is 42.3 Å². The zero-order chi connectivity index (χ0) is 18.5. The van der Waals surface area contributed by atoms with E-state index in [4.69, 9.17) is 11.6 Å². The second-order valence-corrected chi connectivity index (χ2v) is 6.17. The van der Waals surface area contributed by atoms with Crippen molar-refractivity contribution < 1.29 is 9.18 Å². The zero-order valence-corrected chi connectivity index (χ0v) is 14.8. The molecule has 0 aliphatic heterocycles. The van der Waals surface area contributed by atoms with E-state index in [2.05, 4.69) is 34.7 Å². The quantitative estimate of drug-likeness (QED) is 0.662. The highest BCUT2D eigenvalue weighted by molar-refractivity contribution is 6.34. The van der Waals surface area contributed by atoms with Crippen LogP contribution >= 0.6 is 11.6 Å². The average molecular weight is 370 g/mol. The van der Waals surface area contributed by atoms with Gasteiger partial charge in [-0.25, -0.2) is 9.37 Å². The van der Waals surface area contributed by atoms with Gasteiger partial charge in [0.25, 0.3) is 5.91 Å². The lowest BCUT2D eigenvalue weighted by atomic mass is 10.1. The standard InChI is InChI=1S/C20H17ClFN3O/c1-13-5-2-3-6-14(13)11-23-18-10-9-15(12-24-18)25-20(26)19-16(21)7-4-8-17(19)22/h2-10,12H,11H2,1H3,(H,23,24)(H,25,26). The Balaban J connectivity index is 1.64. The fourth-order valence-corrected chi connectivity index (χ4v) is 2.72. The van der Waals surface area contributed by atoms with E-state index in [1.807, 2.05) is 12.1 Å². The minimum atomic E-state index is -0.667. The van der Waals surface area contributed by atoms with E-state index in [-0.39, 0.29) is 10.6 Å². The SMILES string of the molecule is Cc1ccccc1CNc1ccc(NC(=O)c2c(F)cccc2Cl)cn1. The van der Waals surface area contributed by atoms with E-state index in [1.54, 1.807) is 12.1 Å². The molecule has 1 amide bonds. The number of aryl methyl sites for hydroxylation is 1. The molecule has 3 rings (SSSR count). The maximum absolute atomic E-state index is 13.8. The number of amides is 1. The monoisotopic (exact) mass is 369 g/mol. The second kappa shape index (κ2) is 7.97. The number of hydrogen-bond donors (Lipinski definition) is 2. The lowest BCUT2D eigenvalue weighted by Gasteiger charge is -2.10. The molecule has 6 heteroatoms. The third-order valence-corrected chi connectivity index (χ3v) is 4.25. The molecular weight excluding hydrogens is 353 g/mol. The molecule has 2 N–H and O–H groups in total. The van der Waals surface area contributed by atoms with E-state index < -0.39 is 11.7 Å². The van der Waals surface area contributed by atoms with Gasteiger partial charge >= 0.3 is 0 Å². The van der Waals surface area contributed by atoms with Crippen LogP contribution in [0.2, 0.25) is 5.02 Å². The minimum Gasteiger partial charge on any atom is -0.366 e. The van der Waals surface area contributed by atoms with Gasteiger partial charge in [0.15, 0.2) is 0 Å². The van der Waals surface area contributed by atoms with Crippen LogP contribution in [-0.2, 0) is 6.54 Å². The van der Waals surface area contributed by atoms with Crippen LogP contribution in [0.15, 0.2) is 60.8 Å². The van der Waals surface area contributed by atoms with Crippen molar-refractivity contribution in [2.24, 2.45) is 0 Å². The van der Waals surface area contributed by atoms with Gasteiger partial charge in [0.05, 0.1) is 22.5 Å². The molecule has 2 aromatic carbocycles. The normalized spacial score (nSPS) is 10.4. The van der Waals surface area contributed by atoms with Crippen molar-refractivity contribution in [3.63, 3.8) is 0 Å². The summed E-state index contributed by atoms with van der Waals surface area (Å²) in [6, 6.07) is 15.6. The molecule has 0 radical (unpaired) electrons. The van der Waals surface area contributed by atoms with Crippen LogP contribution in [0.25, 0.3) is 0 Å². The Morgan fingerprint density at radius 1 is 1.12 bits per heavy atom. The predicted octanol–water partition coefficient (Wildman–Crippen LogP) is 5.05. The van der Waals surface area contributed by atoms with E-state index in [0.717, 1.165) is 0 Å². The van der Waals surface area contributed by atoms with Crippen LogP contribution in [0.4, 0.5) is 15.9 Å². The second-order valence-electron chi connectivity index (χ2n) is 5.76. The van der Waals surface area contributed by atoms with E-state index in [1.165, 1.54) is 35.5 Å². The fraction of sp³-hybridized carbons (Fsp3) is 0.100. The first kappa shape index (κ1) is 17.9. The number of benzene rings is 2. The molecule has 0 aliphatic carbocycles. The number of aromatic nitrogens is 1. The highest BCUT2D eigenvalue weighted by Gasteiger charge is 2.15. The average Bonchev–Trinajstić information content (AvgIpc) is 2.62. The van der Waals surface area contributed by atoms with Gasteiger partial charge in [-0.15, -0.1) is 0 Å². The first-order valence-electron chi connectivity index (χ1n) is 8.04. The van der Waals surface area contributed by atoms with Crippen molar-refractivity contribution in [3.8, 4) is 0 Å². The van der Waals surface area contributed by atoms with Crippen molar-refractivity contribution in [2.75, 3.05) is 10.6 Å². The molecule has 4 nitrogen and oxygen atoms in total. The molecule has 0 aliphatic rings. The molecule has 26 heavy (non-hydrogen) atoms. The molecule has 0 bridgehead atoms. The summed E-state index contributed by atoms with van der Waals surface area (Å²) >= 11 is 5.90. The Labute approximate surface area is 156 Å². The first-order chi connectivity index (χ1) is 12.5. The Hall–Kier alpha value is -2.92. The van der Waals surface area contributed by atoms with Gasteiger partial charge in [-0.3, -0.25) is 4.79 Å². The largest absolute Gasteiger partial charge is 0.366 e. The molecule has 0 saturated carbocycles. The molecule has 0 unspecified atom stereocenters. The van der Waals surface area contributed by atoms with E-state index in [9.17, 15) is 9.18 Å². The van der Waals surface area contributed by atoms with Crippen molar-refractivity contribution >= 4 is 29.0 Å². The van der Waals surface area contributed by atoms with E-state index >= 15 is 0 Å². The molecule has 3 aromatic rings. The van der Waals surface area contributed by atoms with Crippen molar-refractivity contribution in [2.45, 2.75) is 13.5 Å². The number of rotatable bonds is 5. The number of anilines is 2. The Morgan fingerprint density at radius 2 is 1.92 bits per heavy atom. The highest BCUT2D eigenvalue weighted by atomic mass is 35.5. The molecule has 1 heterocycles. The fourth-order valence-electron chi connectivity index (χ4n) is 2.47. The van der Waals surface area contributed by atoms with Gasteiger partial charge in [0, 0.05) is 6.54 Å². The third-order valence-electron chi connectivity index (χ3n) is 3.93. The summed E-state index contributed by atoms with van der Waals surface area (Å²) in [4.78, 5) is 16.5. The van der Waals surface area contributed by atoms with Crippen molar-refractivity contribution in [1.82, 2.24) is 4.98 Å². The lowest BCUT2D eigenvalue weighted by Crippen LogP contribution is -2.14. The summed E-state index contributed by atoms with van der Waals surface area (Å²) in [5.74, 6) is -0.606. The molecular formula is C20H17ClFN3O. The lowest BCUT2D eigenvalue weighted by molar-refractivity contribution is 0.102. The molecule has 0 atom stereocenters. The smallest absolute Gasteiger partial charge is 0.260 e. The van der Waals surface area contributed by atoms with Gasteiger partial charge in [-0.1, -0.05) is 41.9 Å². The van der Waals surface area contributed by atoms with Gasteiger partial charge < -0.3 is 10.6 Å². The number of carbonyl (C=O) groups excluding carboxylic acids is 1. The topological polar surface area (TPSA) is 54.0 Å². The highest BCUT2D eigenvalue weighted by Crippen LogP contribution is 2.21. The number of pyridine rings is 1. The third kappa shape index (κ3) is 4.18. The molecule has 132 valence electrons. The zero-order valence-electron chi connectivity index (χ0n) is 14.1. The van der Waals surface area contributed by atoms with Crippen LogP contribution in [0.5, 0.6) is 0 Å². The Kier molecular flexibility index (Phi) is 5.49. The van der Waals surface area contributed by atoms with Gasteiger partial charge in [0.1, 0.15) is 11.6 Å². The van der Waals surface area contributed by atoms with Gasteiger partial charge in [0.2, 0.25) is 0 Å². The molecule has 1 aromatic heterocycles. The van der Waals surface area contributed by atoms with Crippen LogP contribution < -0.4 is 10.6 Å². The van der Waals surface area contributed by atoms with Crippen LogP contribution in [0.1, 0.15) is 21.5 Å².